The minimum Gasteiger partial charge on any atom is -0.494 e. The summed E-state index contributed by atoms with van der Waals surface area (Å²) < 4.78 is 20.4. The van der Waals surface area contributed by atoms with Gasteiger partial charge in [-0.3, -0.25) is 4.79 Å². The van der Waals surface area contributed by atoms with Crippen LogP contribution in [0.3, 0.4) is 0 Å². The molecule has 4 aromatic carbocycles. The molecule has 1 aromatic heterocycles. The van der Waals surface area contributed by atoms with Gasteiger partial charge in [0.1, 0.15) is 12.4 Å². The fourth-order valence-corrected chi connectivity index (χ4v) is 6.07. The number of para-hydroxylation sites is 1. The maximum absolute atomic E-state index is 13.9. The number of nitrogens with zero attached hydrogens (tertiary/aromatic N) is 3. The second kappa shape index (κ2) is 14.2. The molecule has 0 unspecified atom stereocenters. The molecule has 7 nitrogen and oxygen atoms in total. The molecule has 0 N–H and O–H groups in total. The van der Waals surface area contributed by atoms with Crippen molar-refractivity contribution in [1.29, 1.82) is 0 Å². The molecule has 0 atom stereocenters. The van der Waals surface area contributed by atoms with E-state index in [-0.39, 0.29) is 18.1 Å². The van der Waals surface area contributed by atoms with E-state index in [0.717, 1.165) is 28.0 Å². The second-order valence-electron chi connectivity index (χ2n) is 10.6. The van der Waals surface area contributed by atoms with E-state index in [9.17, 15) is 4.79 Å². The normalized spacial score (nSPS) is 11.5. The molecule has 45 heavy (non-hydrogen) atoms. The van der Waals surface area contributed by atoms with Crippen molar-refractivity contribution >= 4 is 60.6 Å². The first-order chi connectivity index (χ1) is 21.6. The molecule has 0 bridgehead atoms. The lowest BCUT2D eigenvalue weighted by atomic mass is 9.96. The summed E-state index contributed by atoms with van der Waals surface area (Å²) in [6, 6.07) is 20.6. The highest BCUT2D eigenvalue weighted by Gasteiger charge is 2.20. The smallest absolute Gasteiger partial charge is 0.282 e. The highest BCUT2D eigenvalue weighted by atomic mass is 79.9. The Morgan fingerprint density at radius 2 is 1.73 bits per heavy atom. The molecule has 232 valence electrons. The zero-order valence-electron chi connectivity index (χ0n) is 25.5. The number of rotatable bonds is 10. The van der Waals surface area contributed by atoms with Gasteiger partial charge in [0, 0.05) is 26.2 Å². The molecule has 0 saturated heterocycles. The van der Waals surface area contributed by atoms with Gasteiger partial charge in [0.25, 0.3) is 5.56 Å². The lowest BCUT2D eigenvalue weighted by Crippen LogP contribution is -2.21. The molecule has 0 fully saturated rings. The largest absolute Gasteiger partial charge is 0.494 e. The Morgan fingerprint density at radius 1 is 1.00 bits per heavy atom. The molecule has 0 aliphatic rings. The number of ether oxygens (including phenoxy) is 3. The SMILES string of the molecule is CCOc1cc(C)c(-c2nc3ccccc3c(=O)n2N=Cc2cc(OC)c(OCc3ccccc3Cl)c(Br)c2Br)cc1C(C)C. The number of aromatic nitrogens is 2. The molecule has 0 saturated carbocycles. The van der Waals surface area contributed by atoms with Crippen LogP contribution in [0.15, 0.2) is 85.6 Å². The third-order valence-electron chi connectivity index (χ3n) is 7.29. The van der Waals surface area contributed by atoms with Crippen molar-refractivity contribution in [2.45, 2.75) is 40.2 Å². The summed E-state index contributed by atoms with van der Waals surface area (Å²) >= 11 is 13.7. The molecule has 1 heterocycles. The second-order valence-corrected chi connectivity index (χ2v) is 12.6. The third-order valence-corrected chi connectivity index (χ3v) is 9.80. The summed E-state index contributed by atoms with van der Waals surface area (Å²) in [6.07, 6.45) is 1.60. The zero-order chi connectivity index (χ0) is 32.2. The molecule has 10 heteroatoms. The van der Waals surface area contributed by atoms with Crippen molar-refractivity contribution in [2.24, 2.45) is 5.10 Å². The summed E-state index contributed by atoms with van der Waals surface area (Å²) in [5, 5.41) is 5.79. The van der Waals surface area contributed by atoms with Gasteiger partial charge in [0.15, 0.2) is 17.3 Å². The molecule has 5 aromatic rings. The van der Waals surface area contributed by atoms with Crippen molar-refractivity contribution in [2.75, 3.05) is 13.7 Å². The van der Waals surface area contributed by atoms with Crippen molar-refractivity contribution in [3.05, 3.63) is 113 Å². The summed E-state index contributed by atoms with van der Waals surface area (Å²) in [5.41, 5.74) is 4.54. The van der Waals surface area contributed by atoms with E-state index >= 15 is 0 Å². The van der Waals surface area contributed by atoms with Crippen LogP contribution < -0.4 is 19.8 Å². The molecular formula is C35H32Br2ClN3O4. The van der Waals surface area contributed by atoms with Gasteiger partial charge in [0.2, 0.25) is 0 Å². The Labute approximate surface area is 284 Å². The molecular weight excluding hydrogens is 722 g/mol. The van der Waals surface area contributed by atoms with Crippen LogP contribution >= 0.6 is 43.5 Å². The van der Waals surface area contributed by atoms with Crippen LogP contribution in [0, 0.1) is 6.92 Å². The first-order valence-corrected chi connectivity index (χ1v) is 16.4. The maximum Gasteiger partial charge on any atom is 0.282 e. The molecule has 0 amide bonds. The maximum atomic E-state index is 13.9. The molecule has 0 radical (unpaired) electrons. The highest BCUT2D eigenvalue weighted by molar-refractivity contribution is 9.13. The predicted octanol–water partition coefficient (Wildman–Crippen LogP) is 9.54. The van der Waals surface area contributed by atoms with Crippen molar-refractivity contribution < 1.29 is 14.2 Å². The predicted molar refractivity (Wildman–Crippen MR) is 189 cm³/mol. The molecule has 0 aliphatic carbocycles. The Bertz CT molecular complexity index is 1970. The van der Waals surface area contributed by atoms with Crippen LogP contribution in [-0.4, -0.2) is 29.6 Å². The average molecular weight is 754 g/mol. The quantitative estimate of drug-likeness (QED) is 0.133. The Kier molecular flexibility index (Phi) is 10.3. The van der Waals surface area contributed by atoms with Crippen LogP contribution in [-0.2, 0) is 6.61 Å². The number of methoxy groups -OCH3 is 1. The third kappa shape index (κ3) is 6.81. The van der Waals surface area contributed by atoms with Crippen LogP contribution in [0.5, 0.6) is 17.2 Å². The van der Waals surface area contributed by atoms with Crippen LogP contribution in [0.4, 0.5) is 0 Å². The van der Waals surface area contributed by atoms with Crippen molar-refractivity contribution in [3.8, 4) is 28.6 Å². The number of halogens is 3. The summed E-state index contributed by atoms with van der Waals surface area (Å²) in [4.78, 5) is 18.9. The van der Waals surface area contributed by atoms with Gasteiger partial charge in [-0.25, -0.2) is 4.98 Å². The Hall–Kier alpha value is -3.66. The number of benzene rings is 4. The van der Waals surface area contributed by atoms with E-state index < -0.39 is 0 Å². The van der Waals surface area contributed by atoms with Crippen molar-refractivity contribution in [1.82, 2.24) is 9.66 Å². The van der Waals surface area contributed by atoms with Gasteiger partial charge < -0.3 is 14.2 Å². The monoisotopic (exact) mass is 751 g/mol. The fraction of sp³-hybridized carbons (Fsp3) is 0.229. The van der Waals surface area contributed by atoms with E-state index in [1.54, 1.807) is 25.5 Å². The number of hydrogen-bond donors (Lipinski definition) is 0. The standard InChI is InChI=1S/C35H32Br2ClN3O4/c1-6-44-29-15-21(4)26(17-25(29)20(2)3)34-40-28-14-10-8-12-24(28)35(42)41(34)39-18-23-16-30(43-5)33(32(37)31(23)36)45-19-22-11-7-9-13-27(22)38/h7-18,20H,6,19H2,1-5H3. The minimum atomic E-state index is -0.284. The first-order valence-electron chi connectivity index (χ1n) is 14.4. The summed E-state index contributed by atoms with van der Waals surface area (Å²) in [7, 11) is 1.57. The first kappa shape index (κ1) is 32.7. The van der Waals surface area contributed by atoms with Crippen LogP contribution in [0.25, 0.3) is 22.3 Å². The number of fused-ring (bicyclic) bond motifs is 1. The highest BCUT2D eigenvalue weighted by Crippen LogP contribution is 2.43. The fourth-order valence-electron chi connectivity index (χ4n) is 4.95. The van der Waals surface area contributed by atoms with Gasteiger partial charge in [-0.05, 0) is 99.2 Å². The van der Waals surface area contributed by atoms with E-state index in [0.29, 0.717) is 54.4 Å². The minimum absolute atomic E-state index is 0.189. The van der Waals surface area contributed by atoms with Crippen LogP contribution in [0.2, 0.25) is 5.02 Å². The number of aryl methyl sites for hydroxylation is 1. The number of hydrogen-bond acceptors (Lipinski definition) is 6. The van der Waals surface area contributed by atoms with Gasteiger partial charge in [-0.2, -0.15) is 9.78 Å². The van der Waals surface area contributed by atoms with E-state index in [1.165, 1.54) is 4.68 Å². The Balaban J connectivity index is 1.63. The Morgan fingerprint density at radius 3 is 2.44 bits per heavy atom. The average Bonchev–Trinajstić information content (AvgIpc) is 3.02. The van der Waals surface area contributed by atoms with E-state index in [1.807, 2.05) is 68.4 Å². The topological polar surface area (TPSA) is 74.9 Å². The zero-order valence-corrected chi connectivity index (χ0v) is 29.5. The van der Waals surface area contributed by atoms with Gasteiger partial charge in [-0.1, -0.05) is 55.8 Å². The van der Waals surface area contributed by atoms with E-state index in [4.69, 9.17) is 35.9 Å². The lowest BCUT2D eigenvalue weighted by Gasteiger charge is -2.18. The van der Waals surface area contributed by atoms with E-state index in [2.05, 4.69) is 45.7 Å². The molecule has 0 spiro atoms. The molecule has 0 aliphatic heterocycles. The van der Waals surface area contributed by atoms with Crippen LogP contribution in [0.1, 0.15) is 48.9 Å². The summed E-state index contributed by atoms with van der Waals surface area (Å²) in [6.45, 7) is 8.97. The van der Waals surface area contributed by atoms with Gasteiger partial charge in [-0.15, -0.1) is 0 Å². The van der Waals surface area contributed by atoms with Crippen molar-refractivity contribution in [3.63, 3.8) is 0 Å². The lowest BCUT2D eigenvalue weighted by molar-refractivity contribution is 0.282. The molecule has 5 rings (SSSR count). The van der Waals surface area contributed by atoms with Gasteiger partial charge in [0.05, 0.1) is 35.3 Å². The summed E-state index contributed by atoms with van der Waals surface area (Å²) in [5.74, 6) is 2.42. The van der Waals surface area contributed by atoms with Gasteiger partial charge >= 0.3 is 0 Å².